The Morgan fingerprint density at radius 2 is 1.29 bits per heavy atom. The summed E-state index contributed by atoms with van der Waals surface area (Å²) in [6.07, 6.45) is 12.3. The third kappa shape index (κ3) is 8.34. The van der Waals surface area contributed by atoms with Gasteiger partial charge in [0.05, 0.1) is 0 Å². The van der Waals surface area contributed by atoms with Crippen molar-refractivity contribution in [3.05, 3.63) is 0 Å². The highest BCUT2D eigenvalue weighted by atomic mass is 15.2. The van der Waals surface area contributed by atoms with Crippen LogP contribution in [0.4, 0.5) is 0 Å². The van der Waals surface area contributed by atoms with Gasteiger partial charge in [-0.25, -0.2) is 0 Å². The number of guanidine groups is 1. The summed E-state index contributed by atoms with van der Waals surface area (Å²) in [5.74, 6) is 0.961. The Morgan fingerprint density at radius 3 is 1.92 bits per heavy atom. The molecule has 0 atom stereocenters. The molecule has 24 heavy (non-hydrogen) atoms. The lowest BCUT2D eigenvalue weighted by Crippen LogP contribution is -2.42. The topological polar surface area (TPSA) is 42.9 Å². The number of likely N-dealkylation sites (tertiary alicyclic amines) is 2. The number of unbranched alkanes of at least 4 members (excludes halogenated alkanes) is 2. The minimum Gasteiger partial charge on any atom is -0.356 e. The molecule has 0 saturated carbocycles. The first-order valence-electron chi connectivity index (χ1n) is 10.3. The molecule has 0 aromatic rings. The minimum atomic E-state index is 0.961. The quantitative estimate of drug-likeness (QED) is 0.385. The van der Waals surface area contributed by atoms with Crippen molar-refractivity contribution >= 4 is 5.96 Å². The summed E-state index contributed by atoms with van der Waals surface area (Å²) in [4.78, 5) is 9.53. The monoisotopic (exact) mass is 337 g/mol. The van der Waals surface area contributed by atoms with Crippen LogP contribution in [0.15, 0.2) is 4.99 Å². The maximum Gasteiger partial charge on any atom is 0.191 e. The molecule has 0 amide bonds. The van der Waals surface area contributed by atoms with Crippen LogP contribution in [0, 0.1) is 0 Å². The lowest BCUT2D eigenvalue weighted by atomic mass is 10.1. The molecule has 2 aliphatic heterocycles. The summed E-state index contributed by atoms with van der Waals surface area (Å²) in [6.45, 7) is 9.64. The third-order valence-corrected chi connectivity index (χ3v) is 5.29. The van der Waals surface area contributed by atoms with Gasteiger partial charge < -0.3 is 20.4 Å². The molecule has 0 spiro atoms. The second kappa shape index (κ2) is 12.5. The summed E-state index contributed by atoms with van der Waals surface area (Å²) in [7, 11) is 1.87. The Hall–Kier alpha value is -0.810. The number of nitrogens with zero attached hydrogens (tertiary/aromatic N) is 3. The van der Waals surface area contributed by atoms with Crippen molar-refractivity contribution < 1.29 is 0 Å². The first-order chi connectivity index (χ1) is 11.9. The van der Waals surface area contributed by atoms with Crippen molar-refractivity contribution in [1.82, 2.24) is 20.4 Å². The fourth-order valence-corrected chi connectivity index (χ4v) is 3.76. The van der Waals surface area contributed by atoms with Crippen LogP contribution in [0.1, 0.15) is 57.8 Å². The van der Waals surface area contributed by atoms with Gasteiger partial charge in [-0.2, -0.15) is 0 Å². The molecule has 2 saturated heterocycles. The largest absolute Gasteiger partial charge is 0.356 e. The number of aliphatic imine (C=N–C) groups is 1. The highest BCUT2D eigenvalue weighted by molar-refractivity contribution is 5.79. The van der Waals surface area contributed by atoms with Crippen LogP contribution >= 0.6 is 0 Å². The van der Waals surface area contributed by atoms with Crippen molar-refractivity contribution in [1.29, 1.82) is 0 Å². The number of hydrogen-bond acceptors (Lipinski definition) is 3. The van der Waals surface area contributed by atoms with Gasteiger partial charge in [0.1, 0.15) is 0 Å². The van der Waals surface area contributed by atoms with Gasteiger partial charge >= 0.3 is 0 Å². The van der Waals surface area contributed by atoms with E-state index in [9.17, 15) is 0 Å². The normalized spacial score (nSPS) is 21.0. The van der Waals surface area contributed by atoms with Crippen molar-refractivity contribution in [2.75, 3.05) is 59.4 Å². The second-order valence-electron chi connectivity index (χ2n) is 7.29. The van der Waals surface area contributed by atoms with Crippen LogP contribution < -0.4 is 10.6 Å². The van der Waals surface area contributed by atoms with E-state index in [1.165, 1.54) is 90.5 Å². The Kier molecular flexibility index (Phi) is 10.2. The molecule has 2 N–H and O–H groups in total. The standard InChI is InChI=1S/C19H39N5/c1-20-19(22-12-18-24-16-9-4-10-17-24)21-11-5-2-6-13-23-14-7-3-8-15-23/h2-18H2,1H3,(H2,20,21,22). The van der Waals surface area contributed by atoms with Gasteiger partial charge in [-0.15, -0.1) is 0 Å². The minimum absolute atomic E-state index is 0.961. The zero-order valence-corrected chi connectivity index (χ0v) is 15.9. The Morgan fingerprint density at radius 1 is 0.708 bits per heavy atom. The predicted octanol–water partition coefficient (Wildman–Crippen LogP) is 2.29. The maximum atomic E-state index is 4.33. The molecule has 0 radical (unpaired) electrons. The first kappa shape index (κ1) is 19.5. The molecular weight excluding hydrogens is 298 g/mol. The molecule has 2 heterocycles. The molecule has 0 unspecified atom stereocenters. The van der Waals surface area contributed by atoms with E-state index in [-0.39, 0.29) is 0 Å². The van der Waals surface area contributed by atoms with Gasteiger partial charge in [0, 0.05) is 26.7 Å². The second-order valence-corrected chi connectivity index (χ2v) is 7.29. The van der Waals surface area contributed by atoms with Crippen LogP contribution in [-0.4, -0.2) is 75.2 Å². The zero-order chi connectivity index (χ0) is 16.9. The fraction of sp³-hybridized carbons (Fsp3) is 0.947. The molecule has 5 nitrogen and oxygen atoms in total. The molecule has 2 rings (SSSR count). The fourth-order valence-electron chi connectivity index (χ4n) is 3.76. The van der Waals surface area contributed by atoms with Gasteiger partial charge in [-0.05, 0) is 71.2 Å². The molecular formula is C19H39N5. The van der Waals surface area contributed by atoms with E-state index in [1.54, 1.807) is 0 Å². The number of hydrogen-bond donors (Lipinski definition) is 2. The van der Waals surface area contributed by atoms with E-state index >= 15 is 0 Å². The number of rotatable bonds is 9. The average molecular weight is 338 g/mol. The van der Waals surface area contributed by atoms with Crippen molar-refractivity contribution in [3.63, 3.8) is 0 Å². The van der Waals surface area contributed by atoms with Crippen LogP contribution in [0.3, 0.4) is 0 Å². The van der Waals surface area contributed by atoms with E-state index in [0.29, 0.717) is 0 Å². The lowest BCUT2D eigenvalue weighted by molar-refractivity contribution is 0.224. The van der Waals surface area contributed by atoms with E-state index in [4.69, 9.17) is 0 Å². The van der Waals surface area contributed by atoms with Crippen LogP contribution in [0.5, 0.6) is 0 Å². The maximum absolute atomic E-state index is 4.33. The zero-order valence-electron chi connectivity index (χ0n) is 15.9. The molecule has 2 fully saturated rings. The lowest BCUT2D eigenvalue weighted by Gasteiger charge is -2.26. The Labute approximate surface area is 149 Å². The summed E-state index contributed by atoms with van der Waals surface area (Å²) in [6, 6.07) is 0. The summed E-state index contributed by atoms with van der Waals surface area (Å²) < 4.78 is 0. The number of nitrogens with one attached hydrogen (secondary N) is 2. The van der Waals surface area contributed by atoms with Crippen LogP contribution in [0.2, 0.25) is 0 Å². The molecule has 0 bridgehead atoms. The molecule has 0 aromatic carbocycles. The van der Waals surface area contributed by atoms with Crippen molar-refractivity contribution in [2.45, 2.75) is 57.8 Å². The van der Waals surface area contributed by atoms with E-state index in [1.807, 2.05) is 7.05 Å². The van der Waals surface area contributed by atoms with Crippen LogP contribution in [0.25, 0.3) is 0 Å². The number of piperidine rings is 2. The predicted molar refractivity (Wildman–Crippen MR) is 104 cm³/mol. The van der Waals surface area contributed by atoms with Crippen LogP contribution in [-0.2, 0) is 0 Å². The van der Waals surface area contributed by atoms with Gasteiger partial charge in [0.2, 0.25) is 0 Å². The molecule has 140 valence electrons. The smallest absolute Gasteiger partial charge is 0.191 e. The average Bonchev–Trinajstić information content (AvgIpc) is 2.64. The van der Waals surface area contributed by atoms with Crippen molar-refractivity contribution in [2.24, 2.45) is 4.99 Å². The van der Waals surface area contributed by atoms with Gasteiger partial charge in [0.25, 0.3) is 0 Å². The molecule has 0 aliphatic carbocycles. The van der Waals surface area contributed by atoms with Gasteiger partial charge in [0.15, 0.2) is 5.96 Å². The molecule has 2 aliphatic rings. The van der Waals surface area contributed by atoms with E-state index in [2.05, 4.69) is 25.4 Å². The summed E-state index contributed by atoms with van der Waals surface area (Å²) in [5.41, 5.74) is 0. The van der Waals surface area contributed by atoms with Gasteiger partial charge in [-0.3, -0.25) is 4.99 Å². The Bertz CT molecular complexity index is 333. The highest BCUT2D eigenvalue weighted by Gasteiger charge is 2.10. The van der Waals surface area contributed by atoms with E-state index in [0.717, 1.165) is 25.6 Å². The van der Waals surface area contributed by atoms with Crippen molar-refractivity contribution in [3.8, 4) is 0 Å². The first-order valence-corrected chi connectivity index (χ1v) is 10.3. The Balaban J connectivity index is 1.43. The van der Waals surface area contributed by atoms with Gasteiger partial charge in [-0.1, -0.05) is 19.3 Å². The highest BCUT2D eigenvalue weighted by Crippen LogP contribution is 2.09. The SMILES string of the molecule is CN=C(NCCCCCN1CCCCC1)NCCN1CCCCC1. The third-order valence-electron chi connectivity index (χ3n) is 5.29. The van der Waals surface area contributed by atoms with E-state index < -0.39 is 0 Å². The summed E-state index contributed by atoms with van der Waals surface area (Å²) in [5, 5.41) is 6.90. The summed E-state index contributed by atoms with van der Waals surface area (Å²) >= 11 is 0. The molecule has 5 heteroatoms. The molecule has 0 aromatic heterocycles.